The Bertz CT molecular complexity index is 379. The molecule has 1 aliphatic rings. The first-order valence-electron chi connectivity index (χ1n) is 4.13. The first-order valence-corrected chi connectivity index (χ1v) is 4.92. The van der Waals surface area contributed by atoms with Crippen molar-refractivity contribution in [2.75, 3.05) is 0 Å². The van der Waals surface area contributed by atoms with E-state index in [4.69, 9.17) is 4.74 Å². The summed E-state index contributed by atoms with van der Waals surface area (Å²) in [5.41, 5.74) is -0.0665. The van der Waals surface area contributed by atoms with E-state index in [0.717, 1.165) is 12.8 Å². The first-order chi connectivity index (χ1) is 6.66. The van der Waals surface area contributed by atoms with Crippen molar-refractivity contribution in [3.63, 3.8) is 0 Å². The summed E-state index contributed by atoms with van der Waals surface area (Å²) in [5.74, 6) is 0.461. The zero-order chi connectivity index (χ0) is 10.1. The van der Waals surface area contributed by atoms with E-state index in [-0.39, 0.29) is 16.4 Å². The van der Waals surface area contributed by atoms with Crippen LogP contribution in [0.2, 0.25) is 0 Å². The van der Waals surface area contributed by atoms with Gasteiger partial charge in [0.15, 0.2) is 4.60 Å². The molecule has 6 heteroatoms. The highest BCUT2D eigenvalue weighted by Crippen LogP contribution is 2.30. The van der Waals surface area contributed by atoms with Gasteiger partial charge in [0, 0.05) is 0 Å². The topological polar surface area (TPSA) is 65.3 Å². The van der Waals surface area contributed by atoms with Gasteiger partial charge < -0.3 is 4.74 Å². The molecule has 1 aromatic rings. The Balaban J connectivity index is 2.24. The molecular formula is C8H7BrN2O3. The van der Waals surface area contributed by atoms with Gasteiger partial charge in [-0.15, -0.1) is 0 Å². The summed E-state index contributed by atoms with van der Waals surface area (Å²) >= 11 is 3.00. The molecule has 1 aromatic heterocycles. The van der Waals surface area contributed by atoms with Crippen molar-refractivity contribution in [1.29, 1.82) is 0 Å². The van der Waals surface area contributed by atoms with Gasteiger partial charge in [0.1, 0.15) is 5.75 Å². The van der Waals surface area contributed by atoms with E-state index in [9.17, 15) is 10.1 Å². The number of nitro groups is 1. The molecule has 1 heterocycles. The Morgan fingerprint density at radius 3 is 2.93 bits per heavy atom. The molecule has 0 aromatic carbocycles. The molecule has 0 aliphatic heterocycles. The standard InChI is InChI=1S/C8H7BrN2O3/c9-8-7(11(12)13)3-6(4-10-8)14-5-1-2-5/h3-5H,1-2H2. The number of hydrogen-bond donors (Lipinski definition) is 0. The van der Waals surface area contributed by atoms with E-state index >= 15 is 0 Å². The molecule has 5 nitrogen and oxygen atoms in total. The highest BCUT2D eigenvalue weighted by Gasteiger charge is 2.25. The van der Waals surface area contributed by atoms with Crippen LogP contribution < -0.4 is 4.74 Å². The van der Waals surface area contributed by atoms with Crippen LogP contribution in [0, 0.1) is 10.1 Å². The first kappa shape index (κ1) is 9.39. The van der Waals surface area contributed by atoms with Gasteiger partial charge in [-0.25, -0.2) is 4.98 Å². The summed E-state index contributed by atoms with van der Waals surface area (Å²) < 4.78 is 5.61. The minimum Gasteiger partial charge on any atom is -0.489 e. The smallest absolute Gasteiger partial charge is 0.305 e. The second-order valence-electron chi connectivity index (χ2n) is 3.06. The second-order valence-corrected chi connectivity index (χ2v) is 3.81. The minimum absolute atomic E-state index is 0.0665. The third-order valence-corrected chi connectivity index (χ3v) is 2.43. The largest absolute Gasteiger partial charge is 0.489 e. The van der Waals surface area contributed by atoms with Gasteiger partial charge in [-0.05, 0) is 28.8 Å². The summed E-state index contributed by atoms with van der Waals surface area (Å²) in [6, 6.07) is 1.38. The van der Waals surface area contributed by atoms with Gasteiger partial charge in [0.25, 0.3) is 0 Å². The predicted octanol–water partition coefficient (Wildman–Crippen LogP) is 2.29. The van der Waals surface area contributed by atoms with Crippen LogP contribution >= 0.6 is 15.9 Å². The lowest BCUT2D eigenvalue weighted by Gasteiger charge is -2.03. The number of hydrogen-bond acceptors (Lipinski definition) is 4. The van der Waals surface area contributed by atoms with Crippen molar-refractivity contribution >= 4 is 21.6 Å². The van der Waals surface area contributed by atoms with Crippen LogP contribution in [0.3, 0.4) is 0 Å². The van der Waals surface area contributed by atoms with Crippen LogP contribution in [-0.4, -0.2) is 16.0 Å². The number of ether oxygens (including phenoxy) is 1. The summed E-state index contributed by atoms with van der Waals surface area (Å²) in [4.78, 5) is 13.9. The zero-order valence-corrected chi connectivity index (χ0v) is 8.73. The molecule has 14 heavy (non-hydrogen) atoms. The van der Waals surface area contributed by atoms with Gasteiger partial charge in [0.05, 0.1) is 23.3 Å². The maximum Gasteiger partial charge on any atom is 0.305 e. The SMILES string of the molecule is O=[N+]([O-])c1cc(OC2CC2)cnc1Br. The third-order valence-electron chi connectivity index (χ3n) is 1.82. The highest BCUT2D eigenvalue weighted by atomic mass is 79.9. The van der Waals surface area contributed by atoms with E-state index in [2.05, 4.69) is 20.9 Å². The van der Waals surface area contributed by atoms with E-state index in [0.29, 0.717) is 5.75 Å². The van der Waals surface area contributed by atoms with Crippen molar-refractivity contribution < 1.29 is 9.66 Å². The fourth-order valence-corrected chi connectivity index (χ4v) is 1.35. The van der Waals surface area contributed by atoms with Crippen LogP contribution in [0.25, 0.3) is 0 Å². The summed E-state index contributed by atoms with van der Waals surface area (Å²) in [6.45, 7) is 0. The summed E-state index contributed by atoms with van der Waals surface area (Å²) in [7, 11) is 0. The molecule has 2 rings (SSSR count). The molecule has 1 aliphatic carbocycles. The van der Waals surface area contributed by atoms with Crippen molar-refractivity contribution in [3.05, 3.63) is 27.0 Å². The zero-order valence-electron chi connectivity index (χ0n) is 7.14. The van der Waals surface area contributed by atoms with Crippen molar-refractivity contribution in [3.8, 4) is 5.75 Å². The monoisotopic (exact) mass is 258 g/mol. The lowest BCUT2D eigenvalue weighted by Crippen LogP contribution is -1.98. The summed E-state index contributed by atoms with van der Waals surface area (Å²) in [5, 5.41) is 10.6. The van der Waals surface area contributed by atoms with Gasteiger partial charge >= 0.3 is 5.69 Å². The van der Waals surface area contributed by atoms with Crippen molar-refractivity contribution in [2.24, 2.45) is 0 Å². The molecule has 1 fully saturated rings. The Kier molecular flexibility index (Phi) is 2.37. The van der Waals surface area contributed by atoms with Crippen molar-refractivity contribution in [1.82, 2.24) is 4.98 Å². The lowest BCUT2D eigenvalue weighted by atomic mass is 10.4. The minimum atomic E-state index is -0.489. The molecule has 0 bridgehead atoms. The Morgan fingerprint density at radius 1 is 1.64 bits per heavy atom. The van der Waals surface area contributed by atoms with E-state index in [1.165, 1.54) is 12.3 Å². The maximum atomic E-state index is 10.6. The molecule has 0 saturated heterocycles. The van der Waals surface area contributed by atoms with Crippen LogP contribution in [0.4, 0.5) is 5.69 Å². The maximum absolute atomic E-state index is 10.6. The molecule has 0 amide bonds. The molecule has 1 saturated carbocycles. The van der Waals surface area contributed by atoms with Crippen LogP contribution in [-0.2, 0) is 0 Å². The quantitative estimate of drug-likeness (QED) is 0.474. The summed E-state index contributed by atoms with van der Waals surface area (Å²) in [6.07, 6.45) is 3.74. The predicted molar refractivity (Wildman–Crippen MR) is 52.2 cm³/mol. The molecule has 0 N–H and O–H groups in total. The van der Waals surface area contributed by atoms with Gasteiger partial charge in [-0.2, -0.15) is 0 Å². The lowest BCUT2D eigenvalue weighted by molar-refractivity contribution is -0.386. The van der Waals surface area contributed by atoms with E-state index in [1.807, 2.05) is 0 Å². The highest BCUT2D eigenvalue weighted by molar-refractivity contribution is 9.10. The van der Waals surface area contributed by atoms with E-state index < -0.39 is 4.92 Å². The normalized spacial score (nSPS) is 15.2. The number of aromatic nitrogens is 1. The molecule has 74 valence electrons. The van der Waals surface area contributed by atoms with Crippen molar-refractivity contribution in [2.45, 2.75) is 18.9 Å². The Hall–Kier alpha value is -1.17. The fraction of sp³-hybridized carbons (Fsp3) is 0.375. The van der Waals surface area contributed by atoms with Gasteiger partial charge in [-0.3, -0.25) is 10.1 Å². The second kappa shape index (κ2) is 3.53. The van der Waals surface area contributed by atoms with Crippen LogP contribution in [0.5, 0.6) is 5.75 Å². The number of rotatable bonds is 3. The molecular weight excluding hydrogens is 252 g/mol. The molecule has 0 spiro atoms. The average molecular weight is 259 g/mol. The van der Waals surface area contributed by atoms with Crippen LogP contribution in [0.15, 0.2) is 16.9 Å². The van der Waals surface area contributed by atoms with Gasteiger partial charge in [-0.1, -0.05) is 0 Å². The van der Waals surface area contributed by atoms with Gasteiger partial charge in [0.2, 0.25) is 0 Å². The number of halogens is 1. The van der Waals surface area contributed by atoms with Crippen LogP contribution in [0.1, 0.15) is 12.8 Å². The number of pyridine rings is 1. The molecule has 0 unspecified atom stereocenters. The Labute approximate surface area is 88.4 Å². The number of nitrogens with zero attached hydrogens (tertiary/aromatic N) is 2. The third kappa shape index (κ3) is 2.01. The Morgan fingerprint density at radius 2 is 2.36 bits per heavy atom. The fourth-order valence-electron chi connectivity index (χ4n) is 0.989. The average Bonchev–Trinajstić information content (AvgIpc) is 2.92. The molecule has 0 atom stereocenters. The molecule has 0 radical (unpaired) electrons. The van der Waals surface area contributed by atoms with E-state index in [1.54, 1.807) is 0 Å².